The molecule has 1 rings (SSSR count). The molecule has 0 aliphatic heterocycles. The van der Waals surface area contributed by atoms with Gasteiger partial charge in [0.1, 0.15) is 5.84 Å². The van der Waals surface area contributed by atoms with Gasteiger partial charge in [-0.15, -0.1) is 0 Å². The lowest BCUT2D eigenvalue weighted by molar-refractivity contribution is 0.151. The minimum Gasteiger partial charge on any atom is -0.388 e. The number of halogens is 3. The molecule has 0 aliphatic carbocycles. The average Bonchev–Trinajstić information content (AvgIpc) is 2.30. The highest BCUT2D eigenvalue weighted by Gasteiger charge is 2.11. The molecule has 0 heterocycles. The van der Waals surface area contributed by atoms with E-state index in [9.17, 15) is 13.2 Å². The number of anilines is 1. The maximum Gasteiger partial charge on any atom is 0.263 e. The first-order chi connectivity index (χ1) is 7.56. The van der Waals surface area contributed by atoms with Crippen molar-refractivity contribution in [1.82, 2.24) is 0 Å². The highest BCUT2D eigenvalue weighted by atomic mass is 19.3. The topological polar surface area (TPSA) is 61.9 Å². The number of benzene rings is 1. The summed E-state index contributed by atoms with van der Waals surface area (Å²) in [4.78, 5) is 0. The van der Waals surface area contributed by atoms with E-state index in [1.54, 1.807) is 7.05 Å². The van der Waals surface area contributed by atoms with Crippen LogP contribution in [0.1, 0.15) is 17.6 Å². The molecule has 0 spiro atoms. The molecular formula is C10H14F3N3. The number of amidine groups is 1. The van der Waals surface area contributed by atoms with Crippen LogP contribution in [0.5, 0.6) is 0 Å². The van der Waals surface area contributed by atoms with Crippen LogP contribution in [-0.2, 0) is 0 Å². The normalized spacial score (nSPS) is 9.38. The van der Waals surface area contributed by atoms with E-state index in [1.165, 1.54) is 18.2 Å². The fraction of sp³-hybridized carbons (Fsp3) is 0.300. The van der Waals surface area contributed by atoms with Crippen molar-refractivity contribution >= 4 is 11.5 Å². The lowest BCUT2D eigenvalue weighted by atomic mass is 10.1. The van der Waals surface area contributed by atoms with Gasteiger partial charge in [-0.25, -0.2) is 8.78 Å². The molecule has 0 amide bonds. The predicted molar refractivity (Wildman–Crippen MR) is 59.0 cm³/mol. The molecule has 0 bridgehead atoms. The molecule has 0 saturated heterocycles. The van der Waals surface area contributed by atoms with E-state index >= 15 is 0 Å². The third kappa shape index (κ3) is 3.45. The van der Waals surface area contributed by atoms with Crippen LogP contribution < -0.4 is 11.1 Å². The largest absolute Gasteiger partial charge is 0.388 e. The lowest BCUT2D eigenvalue weighted by Gasteiger charge is -2.09. The number of nitrogen functional groups attached to an aromatic ring is 1. The Hall–Kier alpha value is -1.72. The smallest absolute Gasteiger partial charge is 0.263 e. The van der Waals surface area contributed by atoms with E-state index in [-0.39, 0.29) is 11.4 Å². The summed E-state index contributed by atoms with van der Waals surface area (Å²) >= 11 is 0. The molecular weight excluding hydrogens is 219 g/mol. The van der Waals surface area contributed by atoms with E-state index in [1.807, 2.05) is 0 Å². The fourth-order valence-electron chi connectivity index (χ4n) is 1.14. The van der Waals surface area contributed by atoms with Gasteiger partial charge in [-0.3, -0.25) is 9.80 Å². The van der Waals surface area contributed by atoms with Crippen molar-refractivity contribution in [2.45, 2.75) is 6.43 Å². The van der Waals surface area contributed by atoms with Gasteiger partial charge in [0.25, 0.3) is 6.43 Å². The third-order valence-electron chi connectivity index (χ3n) is 1.86. The van der Waals surface area contributed by atoms with Crippen LogP contribution in [0.4, 0.5) is 18.9 Å². The molecule has 90 valence electrons. The Balaban J connectivity index is 0.00000106. The molecule has 0 unspecified atom stereocenters. The standard InChI is InChI=1S/C9H11F2N3.CH3F/c1-14-7-3-2-5(8(10)11)4-6(7)9(12)13;1-2/h2-4,8,14H,1H3,(H3,12,13);1H3. The van der Waals surface area contributed by atoms with Crippen LogP contribution in [0.15, 0.2) is 18.2 Å². The molecule has 0 aromatic heterocycles. The zero-order valence-electron chi connectivity index (χ0n) is 9.02. The fourth-order valence-corrected chi connectivity index (χ4v) is 1.14. The minimum absolute atomic E-state index is 0.130. The Labute approximate surface area is 92.0 Å². The number of rotatable bonds is 3. The second kappa shape index (κ2) is 6.71. The van der Waals surface area contributed by atoms with E-state index < -0.39 is 6.43 Å². The van der Waals surface area contributed by atoms with Gasteiger partial charge in [0.2, 0.25) is 0 Å². The van der Waals surface area contributed by atoms with E-state index in [0.717, 1.165) is 0 Å². The first-order valence-electron chi connectivity index (χ1n) is 4.38. The Morgan fingerprint density at radius 2 is 1.94 bits per heavy atom. The zero-order chi connectivity index (χ0) is 12.7. The molecule has 4 N–H and O–H groups in total. The van der Waals surface area contributed by atoms with Crippen molar-refractivity contribution in [1.29, 1.82) is 5.41 Å². The summed E-state index contributed by atoms with van der Waals surface area (Å²) in [7, 11) is 2.14. The third-order valence-corrected chi connectivity index (χ3v) is 1.86. The SMILES string of the molecule is CF.CNc1ccc(C(F)F)cc1C(=N)N. The number of alkyl halides is 3. The van der Waals surface area contributed by atoms with E-state index in [4.69, 9.17) is 11.1 Å². The quantitative estimate of drug-likeness (QED) is 0.555. The molecule has 1 aromatic rings. The maximum absolute atomic E-state index is 12.3. The van der Waals surface area contributed by atoms with Crippen molar-refractivity contribution in [3.63, 3.8) is 0 Å². The number of hydrogen-bond acceptors (Lipinski definition) is 2. The molecule has 0 radical (unpaired) electrons. The molecule has 0 fully saturated rings. The summed E-state index contributed by atoms with van der Waals surface area (Å²) in [5, 5.41) is 9.99. The number of nitrogens with two attached hydrogens (primary N) is 1. The Morgan fingerprint density at radius 3 is 2.31 bits per heavy atom. The van der Waals surface area contributed by atoms with Gasteiger partial charge in [0, 0.05) is 23.9 Å². The highest BCUT2D eigenvalue weighted by molar-refractivity contribution is 6.00. The average molecular weight is 233 g/mol. The first kappa shape index (κ1) is 14.3. The van der Waals surface area contributed by atoms with Gasteiger partial charge < -0.3 is 11.1 Å². The maximum atomic E-state index is 12.3. The summed E-state index contributed by atoms with van der Waals surface area (Å²) < 4.78 is 34.1. The summed E-state index contributed by atoms with van der Waals surface area (Å²) in [6.45, 7) is 0. The molecule has 1 aromatic carbocycles. The van der Waals surface area contributed by atoms with Crippen LogP contribution in [-0.4, -0.2) is 20.1 Å². The van der Waals surface area contributed by atoms with E-state index in [0.29, 0.717) is 18.4 Å². The van der Waals surface area contributed by atoms with Crippen LogP contribution in [0.2, 0.25) is 0 Å². The molecule has 0 atom stereocenters. The minimum atomic E-state index is -2.54. The summed E-state index contributed by atoms with van der Waals surface area (Å²) in [5.41, 5.74) is 5.99. The van der Waals surface area contributed by atoms with Gasteiger partial charge in [0.15, 0.2) is 0 Å². The van der Waals surface area contributed by atoms with Crippen molar-refractivity contribution in [3.05, 3.63) is 29.3 Å². The van der Waals surface area contributed by atoms with Crippen molar-refractivity contribution in [3.8, 4) is 0 Å². The Kier molecular flexibility index (Phi) is 5.99. The van der Waals surface area contributed by atoms with Crippen molar-refractivity contribution in [2.75, 3.05) is 19.5 Å². The van der Waals surface area contributed by atoms with Gasteiger partial charge in [-0.05, 0) is 12.1 Å². The van der Waals surface area contributed by atoms with Crippen molar-refractivity contribution in [2.24, 2.45) is 5.73 Å². The number of nitrogens with one attached hydrogen (secondary N) is 2. The van der Waals surface area contributed by atoms with E-state index in [2.05, 4.69) is 5.32 Å². The van der Waals surface area contributed by atoms with Gasteiger partial charge in [0.05, 0.1) is 7.18 Å². The summed E-state index contributed by atoms with van der Waals surface area (Å²) in [5.74, 6) is -0.225. The molecule has 6 heteroatoms. The second-order valence-electron chi connectivity index (χ2n) is 2.77. The first-order valence-corrected chi connectivity index (χ1v) is 4.38. The molecule has 0 saturated carbocycles. The van der Waals surface area contributed by atoms with Gasteiger partial charge in [-0.2, -0.15) is 0 Å². The van der Waals surface area contributed by atoms with Crippen LogP contribution in [0.3, 0.4) is 0 Å². The molecule has 0 aliphatic rings. The molecule has 16 heavy (non-hydrogen) atoms. The Morgan fingerprint density at radius 1 is 1.38 bits per heavy atom. The second-order valence-corrected chi connectivity index (χ2v) is 2.77. The monoisotopic (exact) mass is 233 g/mol. The van der Waals surface area contributed by atoms with Crippen LogP contribution >= 0.6 is 0 Å². The molecule has 3 nitrogen and oxygen atoms in total. The van der Waals surface area contributed by atoms with Gasteiger partial charge in [-0.1, -0.05) is 6.07 Å². The highest BCUT2D eigenvalue weighted by Crippen LogP contribution is 2.23. The Bertz CT molecular complexity index is 353. The summed E-state index contributed by atoms with van der Waals surface area (Å²) in [6, 6.07) is 4.01. The van der Waals surface area contributed by atoms with Crippen LogP contribution in [0, 0.1) is 5.41 Å². The predicted octanol–water partition coefficient (Wildman–Crippen LogP) is 2.54. The van der Waals surface area contributed by atoms with Gasteiger partial charge >= 0.3 is 0 Å². The van der Waals surface area contributed by atoms with Crippen LogP contribution in [0.25, 0.3) is 0 Å². The zero-order valence-corrected chi connectivity index (χ0v) is 9.02. The lowest BCUT2D eigenvalue weighted by Crippen LogP contribution is -2.14. The number of hydrogen-bond donors (Lipinski definition) is 3. The summed E-state index contributed by atoms with van der Waals surface area (Å²) in [6.07, 6.45) is -2.54. The van der Waals surface area contributed by atoms with Crippen molar-refractivity contribution < 1.29 is 13.2 Å².